The maximum Gasteiger partial charge on any atom is 0.326 e. The molecule has 0 heterocycles. The van der Waals surface area contributed by atoms with Crippen molar-refractivity contribution in [1.82, 2.24) is 16.0 Å². The zero-order valence-electron chi connectivity index (χ0n) is 24.2. The molecule has 3 amide bonds. The summed E-state index contributed by atoms with van der Waals surface area (Å²) < 4.78 is 0. The number of rotatable bonds is 16. The predicted molar refractivity (Wildman–Crippen MR) is 160 cm³/mol. The SMILES string of the molecule is CC(C)C(N)C(=O)NC(CCCN=C(N)N)C(=O)NC(Cc1ccc(O)cc1)C(=O)NC(Cc1ccc(O)cc1)C(=O)O. The molecule has 0 aromatic heterocycles. The van der Waals surface area contributed by atoms with Gasteiger partial charge in [0.15, 0.2) is 5.96 Å². The molecule has 0 fully saturated rings. The highest BCUT2D eigenvalue weighted by Gasteiger charge is 2.31. The second kappa shape index (κ2) is 16.6. The van der Waals surface area contributed by atoms with Crippen LogP contribution in [0.1, 0.15) is 37.8 Å². The number of carbonyl (C=O) groups excluding carboxylic acids is 3. The molecule has 0 spiro atoms. The van der Waals surface area contributed by atoms with Gasteiger partial charge in [-0.3, -0.25) is 19.4 Å². The number of aromatic hydroxyl groups is 2. The number of hydrogen-bond acceptors (Lipinski definition) is 8. The van der Waals surface area contributed by atoms with Crippen molar-refractivity contribution < 1.29 is 34.5 Å². The summed E-state index contributed by atoms with van der Waals surface area (Å²) in [5.41, 5.74) is 17.8. The summed E-state index contributed by atoms with van der Waals surface area (Å²) in [5, 5.41) is 36.7. The lowest BCUT2D eigenvalue weighted by Gasteiger charge is -2.26. The first kappa shape index (κ1) is 34.4. The van der Waals surface area contributed by atoms with Crippen LogP contribution in [0, 0.1) is 5.92 Å². The number of phenolic OH excluding ortho intramolecular Hbond substituents is 2. The molecular weight excluding hydrogens is 558 g/mol. The van der Waals surface area contributed by atoms with Gasteiger partial charge in [0.2, 0.25) is 17.7 Å². The number of guanidine groups is 1. The van der Waals surface area contributed by atoms with Crippen LogP contribution in [0.25, 0.3) is 0 Å². The van der Waals surface area contributed by atoms with Crippen molar-refractivity contribution in [3.8, 4) is 11.5 Å². The Labute approximate surface area is 249 Å². The molecule has 0 aliphatic carbocycles. The van der Waals surface area contributed by atoms with Crippen LogP contribution in [0.3, 0.4) is 0 Å². The molecule has 0 saturated heterocycles. The van der Waals surface area contributed by atoms with E-state index in [1.165, 1.54) is 36.4 Å². The molecule has 0 bridgehead atoms. The van der Waals surface area contributed by atoms with E-state index in [4.69, 9.17) is 17.2 Å². The molecule has 4 atom stereocenters. The highest BCUT2D eigenvalue weighted by Crippen LogP contribution is 2.14. The lowest BCUT2D eigenvalue weighted by molar-refractivity contribution is -0.142. The van der Waals surface area contributed by atoms with E-state index >= 15 is 0 Å². The molecule has 2 aromatic carbocycles. The Kier molecular flexibility index (Phi) is 13.2. The number of nitrogens with one attached hydrogen (secondary N) is 3. The van der Waals surface area contributed by atoms with Crippen LogP contribution in [-0.4, -0.2) is 75.7 Å². The fraction of sp³-hybridized carbons (Fsp3) is 0.414. The van der Waals surface area contributed by atoms with Crippen LogP contribution in [-0.2, 0) is 32.0 Å². The van der Waals surface area contributed by atoms with Crippen molar-refractivity contribution in [2.24, 2.45) is 28.1 Å². The minimum atomic E-state index is -1.35. The quantitative estimate of drug-likeness (QED) is 0.0676. The molecule has 234 valence electrons. The number of nitrogens with two attached hydrogens (primary N) is 3. The summed E-state index contributed by atoms with van der Waals surface area (Å²) in [5.74, 6) is -3.67. The van der Waals surface area contributed by atoms with E-state index in [0.717, 1.165) is 0 Å². The summed E-state index contributed by atoms with van der Waals surface area (Å²) >= 11 is 0. The molecule has 0 aliphatic rings. The number of aliphatic carboxylic acids is 1. The van der Waals surface area contributed by atoms with Gasteiger partial charge in [-0.25, -0.2) is 4.79 Å². The third-order valence-corrected chi connectivity index (χ3v) is 6.60. The van der Waals surface area contributed by atoms with Crippen molar-refractivity contribution in [1.29, 1.82) is 0 Å². The largest absolute Gasteiger partial charge is 0.508 e. The fourth-order valence-electron chi connectivity index (χ4n) is 4.03. The molecule has 43 heavy (non-hydrogen) atoms. The van der Waals surface area contributed by atoms with Gasteiger partial charge >= 0.3 is 5.97 Å². The summed E-state index contributed by atoms with van der Waals surface area (Å²) in [7, 11) is 0. The smallest absolute Gasteiger partial charge is 0.326 e. The Morgan fingerprint density at radius 1 is 0.744 bits per heavy atom. The standard InChI is InChI=1S/C29H41N7O7/c1-16(2)24(30)27(41)34-21(4-3-13-33-29(31)32)25(39)35-22(14-17-5-9-19(37)10-6-17)26(40)36-23(28(42)43)15-18-7-11-20(38)12-8-18/h5-12,16,21-24,37-38H,3-4,13-15,30H2,1-2H3,(H,34,41)(H,35,39)(H,36,40)(H,42,43)(H4,31,32,33). The van der Waals surface area contributed by atoms with Gasteiger partial charge in [0, 0.05) is 19.4 Å². The minimum Gasteiger partial charge on any atom is -0.508 e. The van der Waals surface area contributed by atoms with Crippen molar-refractivity contribution in [2.45, 2.75) is 63.7 Å². The van der Waals surface area contributed by atoms with Gasteiger partial charge in [0.05, 0.1) is 6.04 Å². The second-order valence-corrected chi connectivity index (χ2v) is 10.5. The Bertz CT molecular complexity index is 1260. The summed E-state index contributed by atoms with van der Waals surface area (Å²) in [6.45, 7) is 3.70. The monoisotopic (exact) mass is 599 g/mol. The molecule has 4 unspecified atom stereocenters. The molecule has 14 nitrogen and oxygen atoms in total. The maximum absolute atomic E-state index is 13.5. The van der Waals surface area contributed by atoms with Gasteiger partial charge in [0.1, 0.15) is 29.6 Å². The van der Waals surface area contributed by atoms with Crippen LogP contribution in [0.15, 0.2) is 53.5 Å². The molecule has 2 aromatic rings. The third kappa shape index (κ3) is 11.9. The minimum absolute atomic E-state index is 0.00123. The molecule has 12 N–H and O–H groups in total. The van der Waals surface area contributed by atoms with Crippen LogP contribution < -0.4 is 33.2 Å². The highest BCUT2D eigenvalue weighted by atomic mass is 16.4. The number of carboxylic acids is 1. The Morgan fingerprint density at radius 3 is 1.65 bits per heavy atom. The van der Waals surface area contributed by atoms with E-state index in [2.05, 4.69) is 20.9 Å². The number of hydrogen-bond donors (Lipinski definition) is 9. The van der Waals surface area contributed by atoms with E-state index in [1.54, 1.807) is 26.0 Å². The van der Waals surface area contributed by atoms with Crippen LogP contribution in [0.5, 0.6) is 11.5 Å². The number of carbonyl (C=O) groups is 4. The zero-order valence-corrected chi connectivity index (χ0v) is 24.2. The number of benzene rings is 2. The highest BCUT2D eigenvalue weighted by molar-refractivity contribution is 5.94. The molecular formula is C29H41N7O7. The van der Waals surface area contributed by atoms with Gasteiger partial charge in [0.25, 0.3) is 0 Å². The van der Waals surface area contributed by atoms with Gasteiger partial charge in [-0.2, -0.15) is 0 Å². The normalized spacial score (nSPS) is 13.7. The number of carboxylic acid groups (broad SMARTS) is 1. The van der Waals surface area contributed by atoms with Crippen molar-refractivity contribution in [2.75, 3.05) is 6.54 Å². The first-order valence-corrected chi connectivity index (χ1v) is 13.8. The zero-order chi connectivity index (χ0) is 32.1. The lowest BCUT2D eigenvalue weighted by Crippen LogP contribution is -2.58. The molecule has 2 rings (SSSR count). The Hall–Kier alpha value is -4.85. The molecule has 0 radical (unpaired) electrons. The van der Waals surface area contributed by atoms with Crippen molar-refractivity contribution in [3.63, 3.8) is 0 Å². The van der Waals surface area contributed by atoms with Crippen LogP contribution >= 0.6 is 0 Å². The third-order valence-electron chi connectivity index (χ3n) is 6.60. The molecule has 14 heteroatoms. The summed E-state index contributed by atoms with van der Waals surface area (Å²) in [6.07, 6.45) is 0.294. The second-order valence-electron chi connectivity index (χ2n) is 10.5. The number of aliphatic imine (C=N–C) groups is 1. The first-order chi connectivity index (χ1) is 20.3. The van der Waals surface area contributed by atoms with Gasteiger partial charge < -0.3 is 48.5 Å². The van der Waals surface area contributed by atoms with E-state index in [0.29, 0.717) is 17.5 Å². The van der Waals surface area contributed by atoms with Gasteiger partial charge in [-0.1, -0.05) is 38.1 Å². The Morgan fingerprint density at radius 2 is 1.19 bits per heavy atom. The van der Waals surface area contributed by atoms with E-state index in [-0.39, 0.29) is 49.2 Å². The predicted octanol–water partition coefficient (Wildman–Crippen LogP) is -0.541. The fourth-order valence-corrected chi connectivity index (χ4v) is 4.03. The van der Waals surface area contributed by atoms with Crippen molar-refractivity contribution >= 4 is 29.7 Å². The first-order valence-electron chi connectivity index (χ1n) is 13.8. The van der Waals surface area contributed by atoms with Crippen molar-refractivity contribution in [3.05, 3.63) is 59.7 Å². The number of phenols is 2. The lowest BCUT2D eigenvalue weighted by atomic mass is 10.0. The van der Waals surface area contributed by atoms with Gasteiger partial charge in [-0.15, -0.1) is 0 Å². The van der Waals surface area contributed by atoms with E-state index < -0.39 is 47.9 Å². The Balaban J connectivity index is 2.30. The van der Waals surface area contributed by atoms with Crippen LogP contribution in [0.2, 0.25) is 0 Å². The molecule has 0 saturated carbocycles. The number of amides is 3. The van der Waals surface area contributed by atoms with Gasteiger partial charge in [-0.05, 0) is 54.2 Å². The summed E-state index contributed by atoms with van der Waals surface area (Å²) in [4.78, 5) is 55.6. The van der Waals surface area contributed by atoms with E-state index in [1.807, 2.05) is 0 Å². The summed E-state index contributed by atoms with van der Waals surface area (Å²) in [6, 6.07) is 7.21. The van der Waals surface area contributed by atoms with E-state index in [9.17, 15) is 34.5 Å². The molecule has 0 aliphatic heterocycles. The topological polar surface area (TPSA) is 255 Å². The average molecular weight is 600 g/mol. The maximum atomic E-state index is 13.5. The van der Waals surface area contributed by atoms with Crippen LogP contribution in [0.4, 0.5) is 0 Å². The average Bonchev–Trinajstić information content (AvgIpc) is 2.95. The number of nitrogens with zero attached hydrogens (tertiary/aromatic N) is 1.